The summed E-state index contributed by atoms with van der Waals surface area (Å²) in [6.07, 6.45) is 5.45. The van der Waals surface area contributed by atoms with Gasteiger partial charge in [0.25, 0.3) is 0 Å². The molecule has 1 aliphatic carbocycles. The van der Waals surface area contributed by atoms with Crippen LogP contribution in [0, 0.1) is 11.3 Å². The minimum atomic E-state index is 0. The zero-order valence-corrected chi connectivity index (χ0v) is 17.7. The molecule has 0 radical (unpaired) electrons. The van der Waals surface area contributed by atoms with Gasteiger partial charge in [-0.25, -0.2) is 0 Å². The molecule has 1 amide bonds. The van der Waals surface area contributed by atoms with Gasteiger partial charge in [-0.1, -0.05) is 29.3 Å². The molecule has 2 saturated heterocycles. The second-order valence-corrected chi connectivity index (χ2v) is 8.77. The summed E-state index contributed by atoms with van der Waals surface area (Å²) in [6.45, 7) is 4.29. The first kappa shape index (κ1) is 21.2. The number of halogens is 3. The van der Waals surface area contributed by atoms with E-state index in [1.807, 2.05) is 12.1 Å². The van der Waals surface area contributed by atoms with Crippen LogP contribution in [0.1, 0.15) is 37.7 Å². The molecule has 2 heterocycles. The summed E-state index contributed by atoms with van der Waals surface area (Å²) < 4.78 is 6.03. The smallest absolute Gasteiger partial charge is 0.226 e. The average Bonchev–Trinajstić information content (AvgIpc) is 3.36. The van der Waals surface area contributed by atoms with Crippen molar-refractivity contribution >= 4 is 41.5 Å². The Morgan fingerprint density at radius 2 is 1.89 bits per heavy atom. The number of likely N-dealkylation sites (tertiary alicyclic amines) is 1. The van der Waals surface area contributed by atoms with Gasteiger partial charge in [0, 0.05) is 19.0 Å². The van der Waals surface area contributed by atoms with Gasteiger partial charge < -0.3 is 15.0 Å². The molecular formula is C20H27Cl3N2O2. The number of carbonyl (C=O) groups is 1. The summed E-state index contributed by atoms with van der Waals surface area (Å²) in [7, 11) is 0. The van der Waals surface area contributed by atoms with Crippen molar-refractivity contribution in [2.24, 2.45) is 11.3 Å². The van der Waals surface area contributed by atoms with Crippen LogP contribution in [-0.4, -0.2) is 43.1 Å². The van der Waals surface area contributed by atoms with Gasteiger partial charge in [0.2, 0.25) is 5.91 Å². The topological polar surface area (TPSA) is 41.6 Å². The van der Waals surface area contributed by atoms with Gasteiger partial charge >= 0.3 is 0 Å². The number of nitrogens with one attached hydrogen (secondary N) is 1. The summed E-state index contributed by atoms with van der Waals surface area (Å²) >= 11 is 12.0. The standard InChI is InChI=1S/C20H26Cl2N2O2.ClH/c21-17-2-1-14(11-18(17)22)13-26-15-3-9-24(10-4-15)19(25)16-12-20(16)5-7-23-8-6-20;/h1-2,11,15-16,23H,3-10,12-13H2;1H. The lowest BCUT2D eigenvalue weighted by Crippen LogP contribution is -2.43. The fraction of sp³-hybridized carbons (Fsp3) is 0.650. The molecule has 3 aliphatic rings. The second kappa shape index (κ2) is 8.87. The highest BCUT2D eigenvalue weighted by Gasteiger charge is 2.58. The first-order valence-electron chi connectivity index (χ1n) is 9.62. The van der Waals surface area contributed by atoms with Gasteiger partial charge in [0.1, 0.15) is 0 Å². The van der Waals surface area contributed by atoms with Crippen LogP contribution >= 0.6 is 35.6 Å². The highest BCUT2D eigenvalue weighted by Crippen LogP contribution is 2.59. The summed E-state index contributed by atoms with van der Waals surface area (Å²) in [5.41, 5.74) is 1.35. The molecule has 1 spiro atoms. The van der Waals surface area contributed by atoms with Gasteiger partial charge in [-0.05, 0) is 68.3 Å². The van der Waals surface area contributed by atoms with Crippen LogP contribution in [0.25, 0.3) is 0 Å². The minimum absolute atomic E-state index is 0. The number of rotatable bonds is 4. The molecule has 1 atom stereocenters. The van der Waals surface area contributed by atoms with Gasteiger partial charge in [-0.15, -0.1) is 12.4 Å². The maximum absolute atomic E-state index is 12.8. The Kier molecular flexibility index (Phi) is 6.97. The summed E-state index contributed by atoms with van der Waals surface area (Å²) in [4.78, 5) is 14.9. The first-order valence-corrected chi connectivity index (χ1v) is 10.4. The van der Waals surface area contributed by atoms with Crippen LogP contribution in [0.3, 0.4) is 0 Å². The van der Waals surface area contributed by atoms with E-state index in [4.69, 9.17) is 27.9 Å². The molecule has 4 nitrogen and oxygen atoms in total. The first-order chi connectivity index (χ1) is 12.6. The van der Waals surface area contributed by atoms with E-state index >= 15 is 0 Å². The Hall–Kier alpha value is -0.520. The van der Waals surface area contributed by atoms with Gasteiger partial charge in [-0.3, -0.25) is 4.79 Å². The largest absolute Gasteiger partial charge is 0.373 e. The normalized spacial score (nSPS) is 24.5. The lowest BCUT2D eigenvalue weighted by Gasteiger charge is -2.33. The van der Waals surface area contributed by atoms with Crippen molar-refractivity contribution in [3.8, 4) is 0 Å². The monoisotopic (exact) mass is 432 g/mol. The Labute approximate surface area is 177 Å². The number of benzene rings is 1. The molecule has 1 N–H and O–H groups in total. The molecule has 0 bridgehead atoms. The van der Waals surface area contributed by atoms with Crippen LogP contribution in [0.5, 0.6) is 0 Å². The Balaban J connectivity index is 0.00000210. The molecule has 27 heavy (non-hydrogen) atoms. The number of piperidine rings is 2. The Morgan fingerprint density at radius 3 is 2.56 bits per heavy atom. The third-order valence-corrected chi connectivity index (χ3v) is 7.05. The fourth-order valence-electron chi connectivity index (χ4n) is 4.48. The Morgan fingerprint density at radius 1 is 1.19 bits per heavy atom. The van der Waals surface area contributed by atoms with Crippen molar-refractivity contribution < 1.29 is 9.53 Å². The van der Waals surface area contributed by atoms with Crippen LogP contribution < -0.4 is 5.32 Å². The average molecular weight is 434 g/mol. The Bertz CT molecular complexity index is 671. The zero-order chi connectivity index (χ0) is 18.1. The quantitative estimate of drug-likeness (QED) is 0.769. The van der Waals surface area contributed by atoms with E-state index in [1.54, 1.807) is 6.07 Å². The third-order valence-electron chi connectivity index (χ3n) is 6.31. The zero-order valence-electron chi connectivity index (χ0n) is 15.4. The number of ether oxygens (including phenoxy) is 1. The second-order valence-electron chi connectivity index (χ2n) is 7.95. The molecule has 2 aliphatic heterocycles. The lowest BCUT2D eigenvalue weighted by atomic mass is 9.91. The van der Waals surface area contributed by atoms with E-state index < -0.39 is 0 Å². The predicted molar refractivity (Wildman–Crippen MR) is 111 cm³/mol. The summed E-state index contributed by atoms with van der Waals surface area (Å²) in [5.74, 6) is 0.660. The molecule has 150 valence electrons. The fourth-order valence-corrected chi connectivity index (χ4v) is 4.80. The molecule has 4 rings (SSSR count). The van der Waals surface area contributed by atoms with Crippen molar-refractivity contribution in [3.63, 3.8) is 0 Å². The number of nitrogens with zero attached hydrogens (tertiary/aromatic N) is 1. The van der Waals surface area contributed by atoms with Crippen molar-refractivity contribution in [3.05, 3.63) is 33.8 Å². The maximum Gasteiger partial charge on any atom is 0.226 e. The third kappa shape index (κ3) is 4.73. The van der Waals surface area contributed by atoms with Crippen LogP contribution in [0.4, 0.5) is 0 Å². The molecular weight excluding hydrogens is 407 g/mol. The summed E-state index contributed by atoms with van der Waals surface area (Å²) in [5, 5.41) is 4.53. The van der Waals surface area contributed by atoms with E-state index in [2.05, 4.69) is 10.2 Å². The molecule has 7 heteroatoms. The van der Waals surface area contributed by atoms with E-state index in [1.165, 1.54) is 0 Å². The molecule has 1 aromatic carbocycles. The number of carbonyl (C=O) groups excluding carboxylic acids is 1. The number of hydrogen-bond acceptors (Lipinski definition) is 3. The van der Waals surface area contributed by atoms with Crippen LogP contribution in [-0.2, 0) is 16.1 Å². The molecule has 3 fully saturated rings. The predicted octanol–water partition coefficient (Wildman–Crippen LogP) is 4.31. The van der Waals surface area contributed by atoms with E-state index in [0.29, 0.717) is 28.0 Å². The van der Waals surface area contributed by atoms with E-state index in [0.717, 1.165) is 63.8 Å². The van der Waals surface area contributed by atoms with E-state index in [9.17, 15) is 4.79 Å². The van der Waals surface area contributed by atoms with Crippen molar-refractivity contribution in [2.75, 3.05) is 26.2 Å². The summed E-state index contributed by atoms with van der Waals surface area (Å²) in [6, 6.07) is 5.60. The minimum Gasteiger partial charge on any atom is -0.373 e. The lowest BCUT2D eigenvalue weighted by molar-refractivity contribution is -0.136. The molecule has 1 unspecified atom stereocenters. The van der Waals surface area contributed by atoms with Crippen molar-refractivity contribution in [2.45, 2.75) is 44.8 Å². The SMILES string of the molecule is Cl.O=C(C1CC12CCNCC2)N1CCC(OCc2ccc(Cl)c(Cl)c2)CC1. The maximum atomic E-state index is 12.8. The highest BCUT2D eigenvalue weighted by atomic mass is 35.5. The van der Waals surface area contributed by atoms with Crippen molar-refractivity contribution in [1.82, 2.24) is 10.2 Å². The molecule has 0 aromatic heterocycles. The highest BCUT2D eigenvalue weighted by molar-refractivity contribution is 6.42. The van der Waals surface area contributed by atoms with Gasteiger partial charge in [-0.2, -0.15) is 0 Å². The number of hydrogen-bond donors (Lipinski definition) is 1. The molecule has 1 saturated carbocycles. The molecule has 1 aromatic rings. The van der Waals surface area contributed by atoms with Crippen LogP contribution in [0.15, 0.2) is 18.2 Å². The van der Waals surface area contributed by atoms with E-state index in [-0.39, 0.29) is 24.4 Å². The van der Waals surface area contributed by atoms with Gasteiger partial charge in [0.15, 0.2) is 0 Å². The number of amides is 1. The van der Waals surface area contributed by atoms with Crippen LogP contribution in [0.2, 0.25) is 10.0 Å². The van der Waals surface area contributed by atoms with Gasteiger partial charge in [0.05, 0.1) is 22.8 Å². The van der Waals surface area contributed by atoms with Crippen molar-refractivity contribution in [1.29, 1.82) is 0 Å².